The Morgan fingerprint density at radius 1 is 1.19 bits per heavy atom. The van der Waals surface area contributed by atoms with Crippen LogP contribution in [-0.4, -0.2) is 21.8 Å². The molecule has 21 heavy (non-hydrogen) atoms. The van der Waals surface area contributed by atoms with E-state index >= 15 is 0 Å². The standard InChI is InChI=1S/C18H22N2O/c1-14-17(15-7-3-2-4-8-15)19-13-20(14)16-11-18(21-12-16)9-5-6-10-18/h2-4,7-8,13,16H,5-6,9-12H2,1H3. The van der Waals surface area contributed by atoms with Crippen LogP contribution in [0.5, 0.6) is 0 Å². The van der Waals surface area contributed by atoms with Crippen LogP contribution < -0.4 is 0 Å². The van der Waals surface area contributed by atoms with E-state index < -0.39 is 0 Å². The van der Waals surface area contributed by atoms with Gasteiger partial charge in [0.15, 0.2) is 0 Å². The molecule has 110 valence electrons. The molecular formula is C18H22N2O. The van der Waals surface area contributed by atoms with Crippen LogP contribution in [0.3, 0.4) is 0 Å². The summed E-state index contributed by atoms with van der Waals surface area (Å²) in [4.78, 5) is 4.65. The van der Waals surface area contributed by atoms with Crippen LogP contribution in [0.2, 0.25) is 0 Å². The maximum absolute atomic E-state index is 6.19. The highest BCUT2D eigenvalue weighted by Crippen LogP contribution is 2.45. The molecule has 3 heteroatoms. The Kier molecular flexibility index (Phi) is 3.11. The molecule has 1 aliphatic heterocycles. The van der Waals surface area contributed by atoms with Crippen LogP contribution in [0.4, 0.5) is 0 Å². The van der Waals surface area contributed by atoms with E-state index in [-0.39, 0.29) is 5.60 Å². The van der Waals surface area contributed by atoms with Gasteiger partial charge in [-0.2, -0.15) is 0 Å². The molecule has 0 N–H and O–H groups in total. The number of rotatable bonds is 2. The van der Waals surface area contributed by atoms with E-state index in [0.29, 0.717) is 6.04 Å². The normalized spacial score (nSPS) is 24.0. The Hall–Kier alpha value is -1.61. The van der Waals surface area contributed by atoms with E-state index in [4.69, 9.17) is 4.74 Å². The maximum atomic E-state index is 6.19. The molecule has 3 nitrogen and oxygen atoms in total. The van der Waals surface area contributed by atoms with Gasteiger partial charge in [0.05, 0.1) is 30.3 Å². The fourth-order valence-corrected chi connectivity index (χ4v) is 4.04. The minimum atomic E-state index is 0.175. The van der Waals surface area contributed by atoms with Crippen molar-refractivity contribution in [2.75, 3.05) is 6.61 Å². The highest BCUT2D eigenvalue weighted by Gasteiger charge is 2.43. The molecule has 1 aromatic carbocycles. The molecule has 2 fully saturated rings. The second-order valence-electron chi connectivity index (χ2n) is 6.51. The Balaban J connectivity index is 1.61. The van der Waals surface area contributed by atoms with Crippen LogP contribution >= 0.6 is 0 Å². The van der Waals surface area contributed by atoms with Crippen molar-refractivity contribution in [2.45, 2.75) is 50.7 Å². The Bertz CT molecular complexity index is 626. The molecule has 4 rings (SSSR count). The van der Waals surface area contributed by atoms with E-state index in [1.807, 2.05) is 12.4 Å². The fraction of sp³-hybridized carbons (Fsp3) is 0.500. The van der Waals surface area contributed by atoms with Gasteiger partial charge in [-0.15, -0.1) is 0 Å². The van der Waals surface area contributed by atoms with E-state index in [0.717, 1.165) is 18.7 Å². The summed E-state index contributed by atoms with van der Waals surface area (Å²) in [5.74, 6) is 0. The lowest BCUT2D eigenvalue weighted by atomic mass is 9.96. The summed E-state index contributed by atoms with van der Waals surface area (Å²) in [5, 5.41) is 0. The molecule has 1 saturated carbocycles. The zero-order valence-corrected chi connectivity index (χ0v) is 12.6. The van der Waals surface area contributed by atoms with Gasteiger partial charge in [0, 0.05) is 11.3 Å². The minimum absolute atomic E-state index is 0.175. The van der Waals surface area contributed by atoms with Gasteiger partial charge in [-0.25, -0.2) is 4.98 Å². The monoisotopic (exact) mass is 282 g/mol. The smallest absolute Gasteiger partial charge is 0.0959 e. The Morgan fingerprint density at radius 2 is 1.95 bits per heavy atom. The second kappa shape index (κ2) is 4.99. The first-order valence-corrected chi connectivity index (χ1v) is 8.00. The van der Waals surface area contributed by atoms with Crippen molar-refractivity contribution in [3.05, 3.63) is 42.4 Å². The predicted molar refractivity (Wildman–Crippen MR) is 83.2 cm³/mol. The number of hydrogen-bond acceptors (Lipinski definition) is 2. The molecular weight excluding hydrogens is 260 g/mol. The quantitative estimate of drug-likeness (QED) is 0.828. The van der Waals surface area contributed by atoms with E-state index in [1.54, 1.807) is 0 Å². The summed E-state index contributed by atoms with van der Waals surface area (Å²) < 4.78 is 8.52. The molecule has 0 bridgehead atoms. The average Bonchev–Trinajstić information content (AvgIpc) is 3.22. The third kappa shape index (κ3) is 2.20. The van der Waals surface area contributed by atoms with Crippen LogP contribution in [0.1, 0.15) is 43.8 Å². The number of ether oxygens (including phenoxy) is 1. The average molecular weight is 282 g/mol. The largest absolute Gasteiger partial charge is 0.373 e. The molecule has 2 heterocycles. The van der Waals surface area contributed by atoms with E-state index in [1.165, 1.54) is 36.9 Å². The van der Waals surface area contributed by atoms with Gasteiger partial charge in [0.1, 0.15) is 0 Å². The lowest BCUT2D eigenvalue weighted by molar-refractivity contribution is 0.00957. The van der Waals surface area contributed by atoms with Gasteiger partial charge in [0.25, 0.3) is 0 Å². The molecule has 1 aliphatic carbocycles. The molecule has 0 amide bonds. The molecule has 2 aromatic rings. The van der Waals surface area contributed by atoms with Crippen LogP contribution in [0.15, 0.2) is 36.7 Å². The van der Waals surface area contributed by atoms with Crippen molar-refractivity contribution in [3.8, 4) is 11.3 Å². The van der Waals surface area contributed by atoms with Crippen molar-refractivity contribution in [1.82, 2.24) is 9.55 Å². The van der Waals surface area contributed by atoms with Gasteiger partial charge in [-0.1, -0.05) is 43.2 Å². The topological polar surface area (TPSA) is 27.1 Å². The first-order chi connectivity index (χ1) is 10.3. The molecule has 1 aromatic heterocycles. The molecule has 1 spiro atoms. The third-order valence-electron chi connectivity index (χ3n) is 5.19. The van der Waals surface area contributed by atoms with Crippen LogP contribution in [0, 0.1) is 6.92 Å². The van der Waals surface area contributed by atoms with Crippen molar-refractivity contribution in [2.24, 2.45) is 0 Å². The lowest BCUT2D eigenvalue weighted by Crippen LogP contribution is -2.23. The van der Waals surface area contributed by atoms with Gasteiger partial charge in [-0.05, 0) is 26.2 Å². The number of imidazole rings is 1. The van der Waals surface area contributed by atoms with Crippen molar-refractivity contribution in [3.63, 3.8) is 0 Å². The van der Waals surface area contributed by atoms with Gasteiger partial charge >= 0.3 is 0 Å². The minimum Gasteiger partial charge on any atom is -0.373 e. The highest BCUT2D eigenvalue weighted by atomic mass is 16.5. The van der Waals surface area contributed by atoms with Crippen molar-refractivity contribution in [1.29, 1.82) is 0 Å². The zero-order chi connectivity index (χ0) is 14.3. The summed E-state index contributed by atoms with van der Waals surface area (Å²) in [7, 11) is 0. The SMILES string of the molecule is Cc1c(-c2ccccc2)ncn1C1COC2(CCCC2)C1. The Labute approximate surface area is 126 Å². The molecule has 0 radical (unpaired) electrons. The Morgan fingerprint density at radius 3 is 2.71 bits per heavy atom. The zero-order valence-electron chi connectivity index (χ0n) is 12.6. The maximum Gasteiger partial charge on any atom is 0.0959 e. The van der Waals surface area contributed by atoms with Gasteiger partial charge in [-0.3, -0.25) is 0 Å². The van der Waals surface area contributed by atoms with Crippen LogP contribution in [0.25, 0.3) is 11.3 Å². The fourth-order valence-electron chi connectivity index (χ4n) is 4.04. The van der Waals surface area contributed by atoms with Gasteiger partial charge < -0.3 is 9.30 Å². The van der Waals surface area contributed by atoms with E-state index in [2.05, 4.69) is 40.7 Å². The molecule has 1 atom stereocenters. The lowest BCUT2D eigenvalue weighted by Gasteiger charge is -2.21. The van der Waals surface area contributed by atoms with Crippen molar-refractivity contribution < 1.29 is 4.74 Å². The van der Waals surface area contributed by atoms with E-state index in [9.17, 15) is 0 Å². The number of aromatic nitrogens is 2. The van der Waals surface area contributed by atoms with Gasteiger partial charge in [0.2, 0.25) is 0 Å². The highest BCUT2D eigenvalue weighted by molar-refractivity contribution is 5.61. The number of hydrogen-bond donors (Lipinski definition) is 0. The summed E-state index contributed by atoms with van der Waals surface area (Å²) >= 11 is 0. The molecule has 1 unspecified atom stereocenters. The van der Waals surface area contributed by atoms with Crippen LogP contribution in [-0.2, 0) is 4.74 Å². The third-order valence-corrected chi connectivity index (χ3v) is 5.19. The summed E-state index contributed by atoms with van der Waals surface area (Å²) in [6.07, 6.45) is 8.28. The predicted octanol–water partition coefficient (Wildman–Crippen LogP) is 4.13. The van der Waals surface area contributed by atoms with Crippen molar-refractivity contribution >= 4 is 0 Å². The first-order valence-electron chi connectivity index (χ1n) is 8.00. The number of nitrogens with zero attached hydrogens (tertiary/aromatic N) is 2. The molecule has 1 saturated heterocycles. The summed E-state index contributed by atoms with van der Waals surface area (Å²) in [6.45, 7) is 3.01. The first kappa shape index (κ1) is 13.1. The number of benzene rings is 1. The molecule has 2 aliphatic rings. The summed E-state index contributed by atoms with van der Waals surface area (Å²) in [5.41, 5.74) is 3.73. The summed E-state index contributed by atoms with van der Waals surface area (Å²) in [6, 6.07) is 10.9. The second-order valence-corrected chi connectivity index (χ2v) is 6.51.